The number of likely N-dealkylation sites (tertiary alicyclic amines) is 1. The molecule has 0 aromatic heterocycles. The van der Waals surface area contributed by atoms with E-state index in [0.717, 1.165) is 17.5 Å². The smallest absolute Gasteiger partial charge is 0.333 e. The van der Waals surface area contributed by atoms with Crippen LogP contribution in [0.1, 0.15) is 79.2 Å². The van der Waals surface area contributed by atoms with E-state index in [0.29, 0.717) is 6.42 Å². The number of benzene rings is 1. The maximum atomic E-state index is 14.3. The Labute approximate surface area is 330 Å². The Morgan fingerprint density at radius 2 is 1.51 bits per heavy atom. The zero-order valence-corrected chi connectivity index (χ0v) is 33.0. The van der Waals surface area contributed by atoms with Crippen LogP contribution < -0.4 is 27.1 Å². The van der Waals surface area contributed by atoms with Crippen LogP contribution in [0.15, 0.2) is 30.3 Å². The number of carboxylic acid groups (broad SMARTS) is 2. The molecule has 0 aliphatic carbocycles. The molecule has 20 nitrogen and oxygen atoms in total. The van der Waals surface area contributed by atoms with Crippen LogP contribution in [-0.4, -0.2) is 123 Å². The van der Waals surface area contributed by atoms with Gasteiger partial charge in [-0.3, -0.25) is 39.0 Å². The van der Waals surface area contributed by atoms with Crippen molar-refractivity contribution in [2.45, 2.75) is 117 Å². The van der Waals surface area contributed by atoms with E-state index in [1.54, 1.807) is 34.6 Å². The molecule has 1 aliphatic rings. The lowest BCUT2D eigenvalue weighted by Crippen LogP contribution is -2.59. The number of nitrogens with two attached hydrogens (primary N) is 1. The van der Waals surface area contributed by atoms with E-state index in [-0.39, 0.29) is 32.5 Å². The molecule has 1 fully saturated rings. The molecule has 8 N–H and O–H groups in total. The molecule has 0 saturated carbocycles. The average Bonchev–Trinajstić information content (AvgIpc) is 3.58. The molecular formula is C37H55N7O13. The van der Waals surface area contributed by atoms with Gasteiger partial charge in [0.25, 0.3) is 11.8 Å². The van der Waals surface area contributed by atoms with Crippen molar-refractivity contribution < 1.29 is 62.8 Å². The third-order valence-electron chi connectivity index (χ3n) is 9.08. The van der Waals surface area contributed by atoms with E-state index in [1.165, 1.54) is 4.90 Å². The zero-order valence-electron chi connectivity index (χ0n) is 33.0. The minimum Gasteiger partial charge on any atom is -0.481 e. The van der Waals surface area contributed by atoms with Gasteiger partial charge in [-0.15, -0.1) is 0 Å². The molecule has 0 unspecified atom stereocenters. The van der Waals surface area contributed by atoms with E-state index in [4.69, 9.17) is 15.2 Å². The minimum absolute atomic E-state index is 0.0426. The topological polar surface area (TPSA) is 293 Å². The van der Waals surface area contributed by atoms with Crippen molar-refractivity contribution in [3.63, 3.8) is 0 Å². The number of nitrogens with one attached hydrogen (secondary N) is 4. The summed E-state index contributed by atoms with van der Waals surface area (Å²) in [5.74, 6) is -9.96. The van der Waals surface area contributed by atoms with Gasteiger partial charge in [-0.2, -0.15) is 0 Å². The molecule has 7 amide bonds. The maximum Gasteiger partial charge on any atom is 0.333 e. The Kier molecular flexibility index (Phi) is 18.8. The lowest BCUT2D eigenvalue weighted by atomic mass is 9.98. The Hall–Kier alpha value is -5.79. The number of rotatable bonds is 21. The molecule has 0 radical (unpaired) electrons. The second-order valence-electron chi connectivity index (χ2n) is 14.1. The van der Waals surface area contributed by atoms with Crippen LogP contribution in [0.4, 0.5) is 4.79 Å². The molecule has 2 rings (SSSR count). The molecule has 1 heterocycles. The predicted octanol–water partition coefficient (Wildman–Crippen LogP) is 0.0322. The van der Waals surface area contributed by atoms with Gasteiger partial charge < -0.3 is 46.3 Å². The van der Waals surface area contributed by atoms with Crippen LogP contribution >= 0.6 is 0 Å². The number of carbonyl (C=O) groups is 9. The molecule has 57 heavy (non-hydrogen) atoms. The molecule has 7 atom stereocenters. The van der Waals surface area contributed by atoms with Crippen molar-refractivity contribution in [3.05, 3.63) is 35.9 Å². The molecule has 0 bridgehead atoms. The van der Waals surface area contributed by atoms with Crippen molar-refractivity contribution in [3.8, 4) is 0 Å². The molecule has 0 spiro atoms. The number of ether oxygens (including phenoxy) is 2. The van der Waals surface area contributed by atoms with Crippen molar-refractivity contribution in [1.82, 2.24) is 31.3 Å². The first-order valence-corrected chi connectivity index (χ1v) is 18.6. The van der Waals surface area contributed by atoms with Crippen LogP contribution in [0.25, 0.3) is 0 Å². The normalized spacial score (nSPS) is 17.6. The summed E-state index contributed by atoms with van der Waals surface area (Å²) in [5.41, 5.74) is 8.78. The highest BCUT2D eigenvalue weighted by Crippen LogP contribution is 2.25. The summed E-state index contributed by atoms with van der Waals surface area (Å²) in [4.78, 5) is 116. The number of hydrazine groups is 1. The van der Waals surface area contributed by atoms with Gasteiger partial charge in [0.05, 0.1) is 25.6 Å². The molecule has 1 saturated heterocycles. The summed E-state index contributed by atoms with van der Waals surface area (Å²) in [6.07, 6.45) is -3.39. The van der Waals surface area contributed by atoms with Gasteiger partial charge in [0.1, 0.15) is 24.2 Å². The van der Waals surface area contributed by atoms with E-state index in [2.05, 4.69) is 21.4 Å². The Balaban J connectivity index is 2.38. The number of carbonyl (C=O) groups excluding carboxylic acids is 7. The number of amides is 7. The lowest BCUT2D eigenvalue weighted by Gasteiger charge is -2.33. The van der Waals surface area contributed by atoms with Crippen molar-refractivity contribution in [2.75, 3.05) is 13.1 Å². The van der Waals surface area contributed by atoms with Crippen molar-refractivity contribution >= 4 is 53.5 Å². The van der Waals surface area contributed by atoms with Crippen LogP contribution in [-0.2, 0) is 54.4 Å². The summed E-state index contributed by atoms with van der Waals surface area (Å²) in [6.45, 7) is 9.53. The first kappa shape index (κ1) is 47.4. The van der Waals surface area contributed by atoms with E-state index in [1.807, 2.05) is 30.3 Å². The van der Waals surface area contributed by atoms with Gasteiger partial charge in [0.15, 0.2) is 6.10 Å². The second kappa shape index (κ2) is 22.7. The maximum absolute atomic E-state index is 14.3. The van der Waals surface area contributed by atoms with Crippen LogP contribution in [0.2, 0.25) is 0 Å². The summed E-state index contributed by atoms with van der Waals surface area (Å²) in [7, 11) is 0. The highest BCUT2D eigenvalue weighted by atomic mass is 16.6. The quantitative estimate of drug-likeness (QED) is 0.0639. The van der Waals surface area contributed by atoms with E-state index < -0.39 is 115 Å². The fourth-order valence-corrected chi connectivity index (χ4v) is 5.90. The largest absolute Gasteiger partial charge is 0.481 e. The van der Waals surface area contributed by atoms with E-state index in [9.17, 15) is 53.4 Å². The Morgan fingerprint density at radius 3 is 2.04 bits per heavy atom. The van der Waals surface area contributed by atoms with Gasteiger partial charge in [0.2, 0.25) is 17.7 Å². The molecule has 1 aliphatic heterocycles. The Bertz CT molecular complexity index is 1590. The van der Waals surface area contributed by atoms with Gasteiger partial charge in [0, 0.05) is 32.4 Å². The van der Waals surface area contributed by atoms with Crippen molar-refractivity contribution in [1.29, 1.82) is 0 Å². The van der Waals surface area contributed by atoms with Gasteiger partial charge >= 0.3 is 23.9 Å². The highest BCUT2D eigenvalue weighted by molar-refractivity contribution is 5.96. The number of hydrogen-bond acceptors (Lipinski definition) is 11. The SMILES string of the molecule is CCCN(NC(=O)[C@H]1C[C@@H](OCc2ccccc2)CN1C(=O)[C@@H](NC(=O)[C@@H](OC(=O)[C@@H](CC(=O)O)NC(=O)[C@H](CC(=O)O)NC(C)=O)[C@H](C)CC)C(C)C)C(N)=O. The molecular weight excluding hydrogens is 750 g/mol. The third kappa shape index (κ3) is 15.0. The monoisotopic (exact) mass is 805 g/mol. The fourth-order valence-electron chi connectivity index (χ4n) is 5.90. The molecule has 1 aromatic rings. The summed E-state index contributed by atoms with van der Waals surface area (Å²) < 4.78 is 11.6. The highest BCUT2D eigenvalue weighted by Gasteiger charge is 2.45. The first-order valence-electron chi connectivity index (χ1n) is 18.6. The average molecular weight is 806 g/mol. The number of esters is 1. The predicted molar refractivity (Wildman–Crippen MR) is 200 cm³/mol. The fraction of sp³-hybridized carbons (Fsp3) is 0.595. The van der Waals surface area contributed by atoms with Crippen LogP contribution in [0, 0.1) is 11.8 Å². The lowest BCUT2D eigenvalue weighted by molar-refractivity contribution is -0.164. The summed E-state index contributed by atoms with van der Waals surface area (Å²) in [6, 6.07) is 2.28. The van der Waals surface area contributed by atoms with Gasteiger partial charge in [-0.25, -0.2) is 14.6 Å². The number of carboxylic acids is 2. The van der Waals surface area contributed by atoms with E-state index >= 15 is 0 Å². The second-order valence-corrected chi connectivity index (χ2v) is 14.1. The summed E-state index contributed by atoms with van der Waals surface area (Å²) >= 11 is 0. The standard InChI is InChI=1S/C37H55N7O13/c1-7-14-44(37(38)55)42-33(51)27-15-24(56-19-23-12-10-9-11-13-23)18-43(27)35(53)30(20(3)4)41-34(52)31(21(5)8-2)57-36(54)26(17-29(48)49)40-32(50)25(16-28(46)47)39-22(6)45/h9-13,20-21,24-27,30-31H,7-8,14-19H2,1-6H3,(H2,38,55)(H,39,45)(H,40,50)(H,41,52)(H,42,51)(H,46,47)(H,48,49)/t21-,24-,25+,26-,27-,30+,31+/m1/s1. The van der Waals surface area contributed by atoms with Gasteiger partial charge in [-0.1, -0.05) is 65.0 Å². The number of nitrogens with zero attached hydrogens (tertiary/aromatic N) is 2. The number of urea groups is 1. The zero-order chi connectivity index (χ0) is 43.0. The number of primary amides is 1. The Morgan fingerprint density at radius 1 is 0.895 bits per heavy atom. The summed E-state index contributed by atoms with van der Waals surface area (Å²) in [5, 5.41) is 26.4. The van der Waals surface area contributed by atoms with Crippen LogP contribution in [0.3, 0.4) is 0 Å². The number of hydrogen-bond donors (Lipinski definition) is 7. The third-order valence-corrected chi connectivity index (χ3v) is 9.08. The van der Waals surface area contributed by atoms with Crippen LogP contribution in [0.5, 0.6) is 0 Å². The molecule has 20 heteroatoms. The van der Waals surface area contributed by atoms with Crippen molar-refractivity contribution in [2.24, 2.45) is 17.6 Å². The first-order chi connectivity index (χ1) is 26.8. The molecule has 1 aromatic carbocycles. The minimum atomic E-state index is -1.91. The molecule has 316 valence electrons. The van der Waals surface area contributed by atoms with Gasteiger partial charge in [-0.05, 0) is 24.3 Å². The number of aliphatic carboxylic acids is 2.